The van der Waals surface area contributed by atoms with Gasteiger partial charge in [-0.2, -0.15) is 23.5 Å². The van der Waals surface area contributed by atoms with Gasteiger partial charge in [-0.3, -0.25) is 9.36 Å². The van der Waals surface area contributed by atoms with Crippen molar-refractivity contribution in [3.05, 3.63) is 64.5 Å². The number of hydrogen-bond donors (Lipinski definition) is 3. The lowest BCUT2D eigenvalue weighted by atomic mass is 9.40. The van der Waals surface area contributed by atoms with Crippen molar-refractivity contribution in [3.8, 4) is 5.75 Å². The molecule has 2 bridgehead atoms. The smallest absolute Gasteiger partial charge is 0.261 e. The Morgan fingerprint density at radius 2 is 1.96 bits per heavy atom. The predicted octanol–water partition coefficient (Wildman–Crippen LogP) is 5.86. The van der Waals surface area contributed by atoms with Crippen LogP contribution >= 0.6 is 23.5 Å². The molecule has 50 heavy (non-hydrogen) atoms. The van der Waals surface area contributed by atoms with Crippen LogP contribution in [0.2, 0.25) is 0 Å². The van der Waals surface area contributed by atoms with Crippen molar-refractivity contribution in [1.29, 1.82) is 0 Å². The number of nitrogens with zero attached hydrogens (tertiary/aromatic N) is 4. The lowest BCUT2D eigenvalue weighted by Gasteiger charge is -2.68. The average Bonchev–Trinajstić information content (AvgIpc) is 3.11. The van der Waals surface area contributed by atoms with Gasteiger partial charge in [-0.25, -0.2) is 14.4 Å². The number of ether oxygens (including phenoxy) is 1. The Labute approximate surface area is 304 Å². The molecule has 0 unspecified atom stereocenters. The molecule has 1 aliphatic heterocycles. The van der Waals surface area contributed by atoms with E-state index in [-0.39, 0.29) is 34.3 Å². The third-order valence-corrected chi connectivity index (χ3v) is 13.4. The molecule has 3 saturated carbocycles. The van der Waals surface area contributed by atoms with Gasteiger partial charge in [0.15, 0.2) is 5.96 Å². The maximum atomic E-state index is 14.6. The SMILES string of the molecule is COc1ccc(CCn2cnc3cc(NC(=N[C@H]4C[C@@H]5C[C@](N)([C@@H]4C)C5(C)C)N4C[C@H](CCSC)NC[C@@H]4CCSC)ccc3c2=O)c(F)c1. The summed E-state index contributed by atoms with van der Waals surface area (Å²) in [5.74, 6) is 4.01. The van der Waals surface area contributed by atoms with E-state index >= 15 is 0 Å². The second kappa shape index (κ2) is 15.4. The summed E-state index contributed by atoms with van der Waals surface area (Å²) in [6.07, 6.45) is 10.5. The fourth-order valence-electron chi connectivity index (χ4n) is 8.38. The molecule has 4 aliphatic rings. The van der Waals surface area contributed by atoms with Crippen LogP contribution in [-0.2, 0) is 13.0 Å². The summed E-state index contributed by atoms with van der Waals surface area (Å²) in [7, 11) is 1.51. The fraction of sp³-hybridized carbons (Fsp3) is 0.605. The molecule has 4 N–H and O–H groups in total. The Kier molecular flexibility index (Phi) is 11.4. The minimum absolute atomic E-state index is 0.116. The Balaban J connectivity index is 1.29. The van der Waals surface area contributed by atoms with Crippen LogP contribution in [-0.4, -0.2) is 88.3 Å². The van der Waals surface area contributed by atoms with Crippen LogP contribution in [0.3, 0.4) is 0 Å². The number of nitrogens with two attached hydrogens (primary N) is 1. The van der Waals surface area contributed by atoms with Crippen molar-refractivity contribution >= 4 is 46.1 Å². The fourth-order valence-corrected chi connectivity index (χ4v) is 9.40. The van der Waals surface area contributed by atoms with Crippen molar-refractivity contribution in [1.82, 2.24) is 19.8 Å². The molecule has 2 aromatic carbocycles. The highest BCUT2D eigenvalue weighted by Gasteiger charge is 2.65. The molecule has 9 nitrogen and oxygen atoms in total. The Morgan fingerprint density at radius 1 is 1.18 bits per heavy atom. The van der Waals surface area contributed by atoms with Gasteiger partial charge in [0, 0.05) is 49.0 Å². The quantitative estimate of drug-likeness (QED) is 0.157. The van der Waals surface area contributed by atoms with Crippen LogP contribution in [0.1, 0.15) is 52.0 Å². The molecule has 6 atom stereocenters. The van der Waals surface area contributed by atoms with Gasteiger partial charge >= 0.3 is 0 Å². The maximum Gasteiger partial charge on any atom is 0.261 e. The van der Waals surface area contributed by atoms with E-state index in [2.05, 4.69) is 53.8 Å². The number of fused-ring (bicyclic) bond motifs is 3. The lowest BCUT2D eigenvalue weighted by molar-refractivity contribution is -0.132. The highest BCUT2D eigenvalue weighted by molar-refractivity contribution is 7.98. The monoisotopic (exact) mass is 723 g/mol. The number of nitrogens with one attached hydrogen (secondary N) is 2. The summed E-state index contributed by atoms with van der Waals surface area (Å²) >= 11 is 3.76. The van der Waals surface area contributed by atoms with Gasteiger partial charge in [0.05, 0.1) is 30.4 Å². The molecule has 7 rings (SSSR count). The zero-order chi connectivity index (χ0) is 35.6. The Bertz CT molecular complexity index is 1750. The molecule has 2 heterocycles. The molecule has 3 aromatic rings. The number of aromatic nitrogens is 2. The maximum absolute atomic E-state index is 14.6. The third kappa shape index (κ3) is 7.27. The number of aliphatic imine (C=N–C) groups is 1. The normalized spacial score (nSPS) is 27.6. The van der Waals surface area contributed by atoms with Gasteiger partial charge < -0.3 is 26.0 Å². The van der Waals surface area contributed by atoms with E-state index in [1.807, 2.05) is 41.7 Å². The second-order valence-electron chi connectivity index (χ2n) is 15.0. The van der Waals surface area contributed by atoms with E-state index < -0.39 is 0 Å². The topological polar surface area (TPSA) is 110 Å². The summed E-state index contributed by atoms with van der Waals surface area (Å²) in [4.78, 5) is 26.3. The minimum atomic E-state index is -0.347. The van der Waals surface area contributed by atoms with Crippen LogP contribution in [0, 0.1) is 23.1 Å². The van der Waals surface area contributed by atoms with Crippen molar-refractivity contribution < 1.29 is 9.13 Å². The van der Waals surface area contributed by atoms with E-state index in [1.165, 1.54) is 13.2 Å². The first-order valence-corrected chi connectivity index (χ1v) is 20.7. The molecule has 0 amide bonds. The first-order chi connectivity index (χ1) is 24.0. The summed E-state index contributed by atoms with van der Waals surface area (Å²) in [5, 5.41) is 8.10. The Morgan fingerprint density at radius 3 is 2.68 bits per heavy atom. The van der Waals surface area contributed by atoms with Gasteiger partial charge in [-0.15, -0.1) is 0 Å². The van der Waals surface area contributed by atoms with E-state index in [0.717, 1.165) is 61.9 Å². The number of rotatable bonds is 12. The van der Waals surface area contributed by atoms with E-state index in [0.29, 0.717) is 53.2 Å². The van der Waals surface area contributed by atoms with Crippen molar-refractivity contribution in [2.75, 3.05) is 49.5 Å². The standard InChI is InChI=1S/C38H54FN7O2S2/c1-24-33(17-26-20-38(24,40)37(26,2)3)44-36(46-22-28(12-15-49-5)41-21-29(46)13-16-50-6)43-27-8-10-31-34(18-27)42-23-45(35(31)47)14-11-25-7-9-30(48-4)19-32(25)39/h7-10,18-19,23-24,26,28-29,33,41H,11-17,20-22,40H2,1-6H3,(H,43,44)/t24-,26-,28+,29+,33+,38+/m1/s1. The molecule has 4 fully saturated rings. The van der Waals surface area contributed by atoms with Crippen molar-refractivity contribution in [2.24, 2.45) is 28.0 Å². The molecular weight excluding hydrogens is 670 g/mol. The highest BCUT2D eigenvalue weighted by atomic mass is 32.2. The van der Waals surface area contributed by atoms with Crippen molar-refractivity contribution in [3.63, 3.8) is 0 Å². The summed E-state index contributed by atoms with van der Waals surface area (Å²) in [6, 6.07) is 11.3. The summed E-state index contributed by atoms with van der Waals surface area (Å²) in [6.45, 7) is 9.06. The first-order valence-electron chi connectivity index (χ1n) is 17.9. The minimum Gasteiger partial charge on any atom is -0.497 e. The average molecular weight is 724 g/mol. The molecular formula is C38H54FN7O2S2. The third-order valence-electron chi connectivity index (χ3n) is 12.1. The second-order valence-corrected chi connectivity index (χ2v) is 17.0. The van der Waals surface area contributed by atoms with Crippen LogP contribution in [0.5, 0.6) is 5.75 Å². The zero-order valence-electron chi connectivity index (χ0n) is 30.4. The van der Waals surface area contributed by atoms with Gasteiger partial charge in [0.1, 0.15) is 11.6 Å². The molecule has 12 heteroatoms. The summed E-state index contributed by atoms with van der Waals surface area (Å²) < 4.78 is 21.2. The number of benzene rings is 2. The first kappa shape index (κ1) is 37.0. The van der Waals surface area contributed by atoms with Gasteiger partial charge in [0.25, 0.3) is 5.56 Å². The van der Waals surface area contributed by atoms with Crippen LogP contribution in [0.25, 0.3) is 10.9 Å². The number of aryl methyl sites for hydroxylation is 2. The van der Waals surface area contributed by atoms with Crippen LogP contribution < -0.4 is 26.7 Å². The zero-order valence-corrected chi connectivity index (χ0v) is 32.0. The molecule has 3 aliphatic carbocycles. The molecule has 1 saturated heterocycles. The van der Waals surface area contributed by atoms with E-state index in [1.54, 1.807) is 23.0 Å². The van der Waals surface area contributed by atoms with Crippen molar-refractivity contribution in [2.45, 2.75) is 83.1 Å². The summed E-state index contributed by atoms with van der Waals surface area (Å²) in [5.41, 5.74) is 8.85. The van der Waals surface area contributed by atoms with Gasteiger partial charge in [-0.05, 0) is 103 Å². The number of thioether (sulfide) groups is 2. The number of anilines is 1. The van der Waals surface area contributed by atoms with Crippen LogP contribution in [0.15, 0.2) is 52.5 Å². The number of hydrogen-bond acceptors (Lipinski definition) is 8. The lowest BCUT2D eigenvalue weighted by Crippen LogP contribution is -2.75. The van der Waals surface area contributed by atoms with Crippen LogP contribution in [0.4, 0.5) is 10.1 Å². The van der Waals surface area contributed by atoms with Gasteiger partial charge in [-0.1, -0.05) is 26.8 Å². The highest BCUT2D eigenvalue weighted by Crippen LogP contribution is 2.63. The number of guanidine groups is 1. The molecule has 1 aromatic heterocycles. The van der Waals surface area contributed by atoms with E-state index in [9.17, 15) is 9.18 Å². The largest absolute Gasteiger partial charge is 0.497 e. The molecule has 0 radical (unpaired) electrons. The molecule has 0 spiro atoms. The number of methoxy groups -OCH3 is 1. The number of halogens is 1. The predicted molar refractivity (Wildman–Crippen MR) is 208 cm³/mol. The number of piperazine rings is 1. The Hall–Kier alpha value is -2.80. The van der Waals surface area contributed by atoms with E-state index in [4.69, 9.17) is 15.5 Å². The van der Waals surface area contributed by atoms with Gasteiger partial charge in [0.2, 0.25) is 0 Å². The molecule has 272 valence electrons.